The van der Waals surface area contributed by atoms with Crippen molar-refractivity contribution < 1.29 is 28.7 Å². The highest BCUT2D eigenvalue weighted by atomic mass is 79.9. The SMILES string of the molecule is O=C1CC(c2cccc(Br)c2)=Nc2ccc(CC(=O)OCc3ccccc3)cc2C1.O=C1Cc2cc(CC(=O)OCc3ccccc3)ccc2NC(c2cccc(Br)c2)C1. The maximum atomic E-state index is 12.6. The van der Waals surface area contributed by atoms with Gasteiger partial charge in [0.05, 0.1) is 30.3 Å². The van der Waals surface area contributed by atoms with Crippen molar-refractivity contribution in [3.8, 4) is 0 Å². The minimum atomic E-state index is -0.294. The van der Waals surface area contributed by atoms with Crippen LogP contribution >= 0.6 is 31.9 Å². The first-order chi connectivity index (χ1) is 29.1. The number of carbonyl (C=O) groups excluding carboxylic acids is 4. The number of nitrogens with zero attached hydrogens (tertiary/aromatic N) is 1. The molecule has 0 spiro atoms. The molecule has 8 nitrogen and oxygen atoms in total. The molecule has 0 bridgehead atoms. The van der Waals surface area contributed by atoms with Gasteiger partial charge in [-0.05, 0) is 80.9 Å². The Bertz CT molecular complexity index is 2540. The minimum absolute atomic E-state index is 0.0714. The van der Waals surface area contributed by atoms with Crippen LogP contribution in [0.1, 0.15) is 63.4 Å². The number of esters is 2. The average Bonchev–Trinajstić information content (AvgIpc) is 3.52. The molecule has 10 heteroatoms. The number of nitrogens with one attached hydrogen (secondary N) is 1. The van der Waals surface area contributed by atoms with E-state index in [1.54, 1.807) is 0 Å². The number of anilines is 1. The Morgan fingerprint density at radius 3 is 1.80 bits per heavy atom. The molecule has 6 aromatic carbocycles. The van der Waals surface area contributed by atoms with Crippen LogP contribution in [0.4, 0.5) is 11.4 Å². The van der Waals surface area contributed by atoms with Crippen molar-refractivity contribution in [1.82, 2.24) is 0 Å². The number of rotatable bonds is 10. The molecule has 1 atom stereocenters. The quantitative estimate of drug-likeness (QED) is 0.136. The zero-order chi connectivity index (χ0) is 41.8. The fourth-order valence-electron chi connectivity index (χ4n) is 7.11. The van der Waals surface area contributed by atoms with E-state index < -0.39 is 0 Å². The number of Topliss-reactive ketones (excluding diaryl/α,β-unsaturated/α-hetero) is 2. The second kappa shape index (κ2) is 20.3. The van der Waals surface area contributed by atoms with Gasteiger partial charge in [0.15, 0.2) is 0 Å². The Morgan fingerprint density at radius 2 is 1.17 bits per heavy atom. The summed E-state index contributed by atoms with van der Waals surface area (Å²) in [4.78, 5) is 54.3. The van der Waals surface area contributed by atoms with Crippen LogP contribution in [0.25, 0.3) is 0 Å². The summed E-state index contributed by atoms with van der Waals surface area (Å²) in [5.74, 6) is -0.290. The molecule has 302 valence electrons. The molecule has 6 aromatic rings. The van der Waals surface area contributed by atoms with Gasteiger partial charge in [0.2, 0.25) is 0 Å². The molecule has 0 aromatic heterocycles. The highest BCUT2D eigenvalue weighted by molar-refractivity contribution is 9.10. The van der Waals surface area contributed by atoms with Gasteiger partial charge < -0.3 is 14.8 Å². The van der Waals surface area contributed by atoms with E-state index in [0.29, 0.717) is 25.7 Å². The zero-order valence-corrected chi connectivity index (χ0v) is 35.9. The van der Waals surface area contributed by atoms with Crippen LogP contribution in [0.5, 0.6) is 0 Å². The van der Waals surface area contributed by atoms with E-state index in [1.165, 1.54) is 0 Å². The van der Waals surface area contributed by atoms with Crippen molar-refractivity contribution in [3.05, 3.63) is 199 Å². The molecule has 2 aliphatic rings. The molecule has 2 heterocycles. The molecule has 0 amide bonds. The molecule has 0 saturated carbocycles. The van der Waals surface area contributed by atoms with Crippen LogP contribution in [0.2, 0.25) is 0 Å². The highest BCUT2D eigenvalue weighted by Gasteiger charge is 2.24. The van der Waals surface area contributed by atoms with Crippen LogP contribution in [0, 0.1) is 0 Å². The van der Waals surface area contributed by atoms with Gasteiger partial charge in [-0.2, -0.15) is 0 Å². The molecule has 0 radical (unpaired) electrons. The lowest BCUT2D eigenvalue weighted by molar-refractivity contribution is -0.145. The van der Waals surface area contributed by atoms with E-state index in [0.717, 1.165) is 70.5 Å². The fourth-order valence-corrected chi connectivity index (χ4v) is 7.93. The molecule has 8 rings (SSSR count). The third-order valence-electron chi connectivity index (χ3n) is 10.1. The summed E-state index contributed by atoms with van der Waals surface area (Å²) in [6, 6.07) is 46.4. The smallest absolute Gasteiger partial charge is 0.310 e. The van der Waals surface area contributed by atoms with E-state index in [9.17, 15) is 19.2 Å². The van der Waals surface area contributed by atoms with Crippen LogP contribution in [0.3, 0.4) is 0 Å². The number of ketones is 2. The minimum Gasteiger partial charge on any atom is -0.461 e. The van der Waals surface area contributed by atoms with Gasteiger partial charge in [0.1, 0.15) is 24.8 Å². The highest BCUT2D eigenvalue weighted by Crippen LogP contribution is 2.32. The number of hydrogen-bond acceptors (Lipinski definition) is 8. The molecular weight excluding hydrogens is 884 g/mol. The molecule has 0 fully saturated rings. The third kappa shape index (κ3) is 12.1. The molecule has 1 unspecified atom stereocenters. The normalized spacial score (nSPS) is 14.4. The van der Waals surface area contributed by atoms with Crippen LogP contribution < -0.4 is 5.32 Å². The predicted molar refractivity (Wildman–Crippen MR) is 240 cm³/mol. The predicted octanol–water partition coefficient (Wildman–Crippen LogP) is 10.8. The fraction of sp³-hybridized carbons (Fsp3) is 0.180. The number of benzene rings is 6. The van der Waals surface area contributed by atoms with E-state index >= 15 is 0 Å². The summed E-state index contributed by atoms with van der Waals surface area (Å²) in [5.41, 5.74) is 9.82. The van der Waals surface area contributed by atoms with Crippen molar-refractivity contribution in [2.45, 2.75) is 57.8 Å². The Kier molecular flexibility index (Phi) is 14.3. The first-order valence-corrected chi connectivity index (χ1v) is 21.2. The first kappa shape index (κ1) is 42.2. The van der Waals surface area contributed by atoms with E-state index in [4.69, 9.17) is 14.5 Å². The van der Waals surface area contributed by atoms with Gasteiger partial charge in [-0.1, -0.05) is 141 Å². The number of carbonyl (C=O) groups is 4. The maximum absolute atomic E-state index is 12.6. The summed E-state index contributed by atoms with van der Waals surface area (Å²) in [6.07, 6.45) is 1.74. The van der Waals surface area contributed by atoms with Gasteiger partial charge in [0.25, 0.3) is 0 Å². The monoisotopic (exact) mass is 924 g/mol. The van der Waals surface area contributed by atoms with Gasteiger partial charge in [-0.3, -0.25) is 24.2 Å². The average molecular weight is 927 g/mol. The lowest BCUT2D eigenvalue weighted by Crippen LogP contribution is -2.12. The summed E-state index contributed by atoms with van der Waals surface area (Å²) < 4.78 is 12.7. The summed E-state index contributed by atoms with van der Waals surface area (Å²) >= 11 is 6.97. The van der Waals surface area contributed by atoms with E-state index in [2.05, 4.69) is 37.2 Å². The molecule has 1 N–H and O–H groups in total. The molecule has 60 heavy (non-hydrogen) atoms. The Balaban J connectivity index is 0.000000181. The number of ether oxygens (including phenoxy) is 2. The molecular formula is C50H42Br2N2O6. The van der Waals surface area contributed by atoms with Crippen LogP contribution in [0.15, 0.2) is 160 Å². The zero-order valence-electron chi connectivity index (χ0n) is 32.7. The lowest BCUT2D eigenvalue weighted by atomic mass is 10.00. The van der Waals surface area contributed by atoms with Crippen molar-refractivity contribution in [2.24, 2.45) is 4.99 Å². The number of fused-ring (bicyclic) bond motifs is 2. The second-order valence-corrected chi connectivity index (χ2v) is 16.6. The lowest BCUT2D eigenvalue weighted by Gasteiger charge is -2.18. The molecule has 0 saturated heterocycles. The van der Waals surface area contributed by atoms with Crippen LogP contribution in [-0.2, 0) is 67.5 Å². The molecule has 0 aliphatic carbocycles. The van der Waals surface area contributed by atoms with Crippen molar-refractivity contribution in [3.63, 3.8) is 0 Å². The van der Waals surface area contributed by atoms with Gasteiger partial charge in [0, 0.05) is 40.3 Å². The summed E-state index contributed by atoms with van der Waals surface area (Å²) in [7, 11) is 0. The van der Waals surface area contributed by atoms with Crippen molar-refractivity contribution >= 4 is 72.5 Å². The first-order valence-electron chi connectivity index (χ1n) is 19.6. The topological polar surface area (TPSA) is 111 Å². The van der Waals surface area contributed by atoms with Crippen molar-refractivity contribution in [2.75, 3.05) is 5.32 Å². The molecule has 2 aliphatic heterocycles. The standard InChI is InChI=1S/C25H22BrNO3.C25H20BrNO3/c2*26-21-8-4-7-19(13-21)24-15-22(28)14-20-11-18(9-10-23(20)27-24)12-25(29)30-16-17-5-2-1-3-6-17/h1-11,13,24,27H,12,14-16H2;1-11,13H,12,14-16H2. The Labute approximate surface area is 366 Å². The van der Waals surface area contributed by atoms with E-state index in [1.807, 2.05) is 146 Å². The van der Waals surface area contributed by atoms with Crippen LogP contribution in [-0.4, -0.2) is 29.2 Å². The summed E-state index contributed by atoms with van der Waals surface area (Å²) in [6.45, 7) is 0.516. The second-order valence-electron chi connectivity index (χ2n) is 14.7. The summed E-state index contributed by atoms with van der Waals surface area (Å²) in [5, 5.41) is 3.50. The van der Waals surface area contributed by atoms with Gasteiger partial charge in [-0.15, -0.1) is 0 Å². The Morgan fingerprint density at radius 1 is 0.583 bits per heavy atom. The van der Waals surface area contributed by atoms with Gasteiger partial charge in [-0.25, -0.2) is 0 Å². The third-order valence-corrected chi connectivity index (χ3v) is 11.0. The van der Waals surface area contributed by atoms with Gasteiger partial charge >= 0.3 is 11.9 Å². The number of aliphatic imine (C=N–C) groups is 1. The van der Waals surface area contributed by atoms with Crippen molar-refractivity contribution in [1.29, 1.82) is 0 Å². The largest absolute Gasteiger partial charge is 0.461 e. The number of hydrogen-bond donors (Lipinski definition) is 1. The van der Waals surface area contributed by atoms with E-state index in [-0.39, 0.29) is 55.6 Å². The Hall–Kier alpha value is -5.97. The number of halogens is 2. The maximum Gasteiger partial charge on any atom is 0.310 e.